The summed E-state index contributed by atoms with van der Waals surface area (Å²) < 4.78 is 39.4. The summed E-state index contributed by atoms with van der Waals surface area (Å²) in [4.78, 5) is 2.47. The van der Waals surface area contributed by atoms with Crippen molar-refractivity contribution in [3.63, 3.8) is 0 Å². The van der Waals surface area contributed by atoms with Gasteiger partial charge in [0.1, 0.15) is 5.75 Å². The first-order chi connectivity index (χ1) is 14.8. The molecule has 0 radical (unpaired) electrons. The minimum atomic E-state index is -3.64. The predicted molar refractivity (Wildman–Crippen MR) is 120 cm³/mol. The summed E-state index contributed by atoms with van der Waals surface area (Å²) in [6.45, 7) is 7.62. The van der Waals surface area contributed by atoms with Gasteiger partial charge >= 0.3 is 0 Å². The van der Waals surface area contributed by atoms with E-state index in [9.17, 15) is 8.42 Å². The number of ether oxygens (including phenoxy) is 1. The molecule has 3 aromatic rings. The number of aryl methyl sites for hydroxylation is 2. The summed E-state index contributed by atoms with van der Waals surface area (Å²) in [5.41, 5.74) is 4.13. The molecule has 8 heteroatoms. The molecule has 0 aliphatic carbocycles. The molecule has 0 amide bonds. The monoisotopic (exact) mass is 441 g/mol. The zero-order chi connectivity index (χ0) is 22.2. The number of rotatable bonds is 5. The highest BCUT2D eigenvalue weighted by Crippen LogP contribution is 2.32. The Kier molecular flexibility index (Phi) is 5.77. The number of sulfonamides is 1. The molecular weight excluding hydrogens is 414 g/mol. The highest BCUT2D eigenvalue weighted by atomic mass is 32.2. The molecular formula is C23H27N3O4S. The summed E-state index contributed by atoms with van der Waals surface area (Å²) in [5, 5.41) is 4.00. The van der Waals surface area contributed by atoms with Crippen molar-refractivity contribution in [3.05, 3.63) is 59.3 Å². The van der Waals surface area contributed by atoms with Gasteiger partial charge in [-0.05, 0) is 44.5 Å². The molecule has 1 aliphatic heterocycles. The van der Waals surface area contributed by atoms with Crippen molar-refractivity contribution < 1.29 is 17.7 Å². The average molecular weight is 442 g/mol. The van der Waals surface area contributed by atoms with Crippen molar-refractivity contribution in [3.8, 4) is 17.1 Å². The van der Waals surface area contributed by atoms with Crippen LogP contribution < -0.4 is 9.64 Å². The number of piperazine rings is 1. The van der Waals surface area contributed by atoms with Crippen LogP contribution in [0.15, 0.2) is 51.9 Å². The molecule has 4 rings (SSSR count). The van der Waals surface area contributed by atoms with Gasteiger partial charge in [-0.3, -0.25) is 0 Å². The van der Waals surface area contributed by atoms with Gasteiger partial charge in [0.2, 0.25) is 10.0 Å². The highest BCUT2D eigenvalue weighted by Gasteiger charge is 2.31. The summed E-state index contributed by atoms with van der Waals surface area (Å²) in [5.74, 6) is 1.40. The quantitative estimate of drug-likeness (QED) is 0.600. The van der Waals surface area contributed by atoms with E-state index >= 15 is 0 Å². The zero-order valence-electron chi connectivity index (χ0n) is 18.3. The van der Waals surface area contributed by atoms with Crippen LogP contribution >= 0.6 is 0 Å². The van der Waals surface area contributed by atoms with E-state index in [0.29, 0.717) is 42.4 Å². The second-order valence-electron chi connectivity index (χ2n) is 7.77. The maximum Gasteiger partial charge on any atom is 0.243 e. The van der Waals surface area contributed by atoms with Crippen molar-refractivity contribution in [2.75, 3.05) is 38.2 Å². The van der Waals surface area contributed by atoms with Gasteiger partial charge in [0, 0.05) is 37.3 Å². The Morgan fingerprint density at radius 1 is 1.00 bits per heavy atom. The first-order valence-electron chi connectivity index (χ1n) is 10.2. The lowest BCUT2D eigenvalue weighted by molar-refractivity contribution is 0.378. The van der Waals surface area contributed by atoms with Crippen molar-refractivity contribution in [2.45, 2.75) is 25.7 Å². The maximum absolute atomic E-state index is 13.5. The fourth-order valence-electron chi connectivity index (χ4n) is 3.90. The molecule has 0 N–H and O–H groups in total. The normalized spacial score (nSPS) is 15.3. The molecule has 0 spiro atoms. The van der Waals surface area contributed by atoms with Gasteiger partial charge in [0.25, 0.3) is 0 Å². The third-order valence-electron chi connectivity index (χ3n) is 5.89. The first kappa shape index (κ1) is 21.4. The Labute approximate surface area is 183 Å². The zero-order valence-corrected chi connectivity index (χ0v) is 19.1. The van der Waals surface area contributed by atoms with Crippen LogP contribution in [0.3, 0.4) is 0 Å². The molecule has 31 heavy (non-hydrogen) atoms. The first-order valence-corrected chi connectivity index (χ1v) is 11.7. The Morgan fingerprint density at radius 2 is 1.71 bits per heavy atom. The van der Waals surface area contributed by atoms with Gasteiger partial charge in [-0.25, -0.2) is 8.42 Å². The average Bonchev–Trinajstić information content (AvgIpc) is 3.12. The molecule has 0 saturated carbocycles. The topological polar surface area (TPSA) is 75.9 Å². The van der Waals surface area contributed by atoms with Gasteiger partial charge in [-0.1, -0.05) is 29.4 Å². The Balaban J connectivity index is 1.58. The number of methoxy groups -OCH3 is 1. The third-order valence-corrected chi connectivity index (χ3v) is 7.93. The molecule has 0 bridgehead atoms. The predicted octanol–water partition coefficient (Wildman–Crippen LogP) is 3.79. The van der Waals surface area contributed by atoms with E-state index in [1.54, 1.807) is 17.5 Å². The van der Waals surface area contributed by atoms with Crippen LogP contribution in [0.2, 0.25) is 0 Å². The molecule has 0 unspecified atom stereocenters. The lowest BCUT2D eigenvalue weighted by atomic mass is 10.1. The molecule has 1 saturated heterocycles. The lowest BCUT2D eigenvalue weighted by Crippen LogP contribution is -2.48. The van der Waals surface area contributed by atoms with Gasteiger partial charge in [-0.15, -0.1) is 0 Å². The maximum atomic E-state index is 13.5. The summed E-state index contributed by atoms with van der Waals surface area (Å²) >= 11 is 0. The molecule has 1 aliphatic rings. The molecule has 7 nitrogen and oxygen atoms in total. The Hall–Kier alpha value is -2.84. The summed E-state index contributed by atoms with van der Waals surface area (Å²) in [7, 11) is -1.99. The lowest BCUT2D eigenvalue weighted by Gasteiger charge is -2.36. The van der Waals surface area contributed by atoms with Crippen LogP contribution in [-0.2, 0) is 10.0 Å². The third kappa shape index (κ3) is 3.93. The molecule has 164 valence electrons. The van der Waals surface area contributed by atoms with Crippen LogP contribution in [-0.4, -0.2) is 51.2 Å². The second-order valence-corrected chi connectivity index (χ2v) is 9.67. The number of para-hydroxylation sites is 2. The fraction of sp³-hybridized carbons (Fsp3) is 0.348. The van der Waals surface area contributed by atoms with E-state index < -0.39 is 10.0 Å². The largest absolute Gasteiger partial charge is 0.495 e. The van der Waals surface area contributed by atoms with Crippen LogP contribution in [0.25, 0.3) is 11.3 Å². The fourth-order valence-corrected chi connectivity index (χ4v) is 5.58. The number of benzene rings is 2. The van der Waals surface area contributed by atoms with Gasteiger partial charge < -0.3 is 14.2 Å². The minimum Gasteiger partial charge on any atom is -0.495 e. The van der Waals surface area contributed by atoms with Crippen molar-refractivity contribution in [1.82, 2.24) is 9.46 Å². The molecule has 1 aromatic heterocycles. The van der Waals surface area contributed by atoms with Crippen LogP contribution in [0.4, 0.5) is 5.69 Å². The number of anilines is 1. The van der Waals surface area contributed by atoms with E-state index in [1.165, 1.54) is 0 Å². The Morgan fingerprint density at radius 3 is 2.35 bits per heavy atom. The van der Waals surface area contributed by atoms with Crippen molar-refractivity contribution >= 4 is 15.7 Å². The van der Waals surface area contributed by atoms with Crippen molar-refractivity contribution in [2.24, 2.45) is 0 Å². The van der Waals surface area contributed by atoms with E-state index in [1.807, 2.05) is 57.2 Å². The number of nitrogens with zero attached hydrogens (tertiary/aromatic N) is 3. The van der Waals surface area contributed by atoms with Gasteiger partial charge in [0.15, 0.2) is 5.76 Å². The smallest absolute Gasteiger partial charge is 0.243 e. The van der Waals surface area contributed by atoms with E-state index in [4.69, 9.17) is 9.26 Å². The van der Waals surface area contributed by atoms with E-state index in [2.05, 4.69) is 10.1 Å². The molecule has 1 fully saturated rings. The Bertz CT molecular complexity index is 1200. The van der Waals surface area contributed by atoms with E-state index in [0.717, 1.165) is 28.3 Å². The molecule has 2 aromatic carbocycles. The molecule has 2 heterocycles. The van der Waals surface area contributed by atoms with Crippen molar-refractivity contribution in [1.29, 1.82) is 0 Å². The SMILES string of the molecule is COc1ccccc1N1CCN(S(=O)(=O)c2cc(-c3onc(C)c3C)ccc2C)CC1. The van der Waals surface area contributed by atoms with Crippen LogP contribution in [0.1, 0.15) is 16.8 Å². The standard InChI is InChI=1S/C23H27N3O4S/c1-16-9-10-19(23-17(2)18(3)24-30-23)15-22(16)31(27,28)26-13-11-25(12-14-26)20-7-5-6-8-21(20)29-4/h5-10,15H,11-14H2,1-4H3. The van der Waals surface area contributed by atoms with Gasteiger partial charge in [-0.2, -0.15) is 4.31 Å². The highest BCUT2D eigenvalue weighted by molar-refractivity contribution is 7.89. The number of hydrogen-bond acceptors (Lipinski definition) is 6. The summed E-state index contributed by atoms with van der Waals surface area (Å²) in [6.07, 6.45) is 0. The number of aromatic nitrogens is 1. The van der Waals surface area contributed by atoms with Gasteiger partial charge in [0.05, 0.1) is 23.4 Å². The number of hydrogen-bond donors (Lipinski definition) is 0. The van der Waals surface area contributed by atoms with E-state index in [-0.39, 0.29) is 0 Å². The summed E-state index contributed by atoms with van der Waals surface area (Å²) in [6, 6.07) is 13.2. The van der Waals surface area contributed by atoms with Crippen LogP contribution in [0.5, 0.6) is 5.75 Å². The molecule has 0 atom stereocenters. The second kappa shape index (κ2) is 8.36. The van der Waals surface area contributed by atoms with Crippen LogP contribution in [0, 0.1) is 20.8 Å². The minimum absolute atomic E-state index is 0.309.